The second-order valence-corrected chi connectivity index (χ2v) is 4.76. The maximum atomic E-state index is 12.0. The number of nitrogens with one attached hydrogen (secondary N) is 1. The number of rotatable bonds is 6. The number of aliphatic hydroxyl groups is 1. The van der Waals surface area contributed by atoms with Gasteiger partial charge in [0.2, 0.25) is 5.91 Å². The van der Waals surface area contributed by atoms with E-state index in [1.165, 1.54) is 5.56 Å². The summed E-state index contributed by atoms with van der Waals surface area (Å²) in [6.07, 6.45) is 4.65. The van der Waals surface area contributed by atoms with Crippen molar-refractivity contribution in [1.82, 2.24) is 9.88 Å². The Balaban J connectivity index is 2.46. The number of carbonyl (C=O) groups excluding carboxylic acids is 1. The topological polar surface area (TPSA) is 56.3 Å². The van der Waals surface area contributed by atoms with Crippen LogP contribution in [0.4, 0.5) is 0 Å². The lowest BCUT2D eigenvalue weighted by Crippen LogP contribution is -2.38. The van der Waals surface area contributed by atoms with Crippen molar-refractivity contribution in [1.29, 1.82) is 0 Å². The second kappa shape index (κ2) is 6.45. The predicted molar refractivity (Wildman–Crippen MR) is 67.5 cm³/mol. The summed E-state index contributed by atoms with van der Waals surface area (Å²) in [6.45, 7) is 4.52. The lowest BCUT2D eigenvalue weighted by atomic mass is 9.95. The van der Waals surface area contributed by atoms with Crippen LogP contribution in [0.2, 0.25) is 0 Å². The summed E-state index contributed by atoms with van der Waals surface area (Å²) < 4.78 is 0. The Morgan fingerprint density at radius 1 is 1.53 bits per heavy atom. The van der Waals surface area contributed by atoms with E-state index in [-0.39, 0.29) is 24.3 Å². The van der Waals surface area contributed by atoms with Crippen LogP contribution in [-0.2, 0) is 11.2 Å². The molecular weight excluding hydrogens is 216 g/mol. The smallest absolute Gasteiger partial charge is 0.228 e. The van der Waals surface area contributed by atoms with Crippen LogP contribution in [0.3, 0.4) is 0 Å². The van der Waals surface area contributed by atoms with E-state index in [2.05, 4.69) is 4.98 Å². The minimum atomic E-state index is -0.286. The third-order valence-electron chi connectivity index (χ3n) is 3.09. The SMILES string of the molecule is CC(C)C(CO)C(=O)N(C)CCc1cc[nH]c1. The Morgan fingerprint density at radius 3 is 2.71 bits per heavy atom. The number of aromatic nitrogens is 1. The van der Waals surface area contributed by atoms with Gasteiger partial charge >= 0.3 is 0 Å². The molecule has 0 aliphatic heterocycles. The molecule has 1 aromatic heterocycles. The van der Waals surface area contributed by atoms with Gasteiger partial charge in [0.15, 0.2) is 0 Å². The fraction of sp³-hybridized carbons (Fsp3) is 0.615. The van der Waals surface area contributed by atoms with Crippen LogP contribution >= 0.6 is 0 Å². The summed E-state index contributed by atoms with van der Waals surface area (Å²) in [6, 6.07) is 2.00. The number of nitrogens with zero attached hydrogens (tertiary/aromatic N) is 1. The first-order valence-corrected chi connectivity index (χ1v) is 6.03. The van der Waals surface area contributed by atoms with Crippen molar-refractivity contribution in [3.63, 3.8) is 0 Å². The molecule has 17 heavy (non-hydrogen) atoms. The van der Waals surface area contributed by atoms with Crippen molar-refractivity contribution >= 4 is 5.91 Å². The van der Waals surface area contributed by atoms with Gasteiger partial charge in [0.05, 0.1) is 12.5 Å². The summed E-state index contributed by atoms with van der Waals surface area (Å²) >= 11 is 0. The average molecular weight is 238 g/mol. The van der Waals surface area contributed by atoms with Crippen molar-refractivity contribution in [3.8, 4) is 0 Å². The van der Waals surface area contributed by atoms with Gasteiger partial charge in [-0.15, -0.1) is 0 Å². The third-order valence-corrected chi connectivity index (χ3v) is 3.09. The maximum Gasteiger partial charge on any atom is 0.228 e. The normalized spacial score (nSPS) is 12.8. The number of likely N-dealkylation sites (N-methyl/N-ethyl adjacent to an activating group) is 1. The number of aliphatic hydroxyl groups excluding tert-OH is 1. The Bertz CT molecular complexity index is 333. The average Bonchev–Trinajstić information content (AvgIpc) is 2.78. The first-order chi connectivity index (χ1) is 8.06. The highest BCUT2D eigenvalue weighted by Crippen LogP contribution is 2.13. The lowest BCUT2D eigenvalue weighted by Gasteiger charge is -2.24. The number of aromatic amines is 1. The van der Waals surface area contributed by atoms with Gasteiger partial charge in [-0.2, -0.15) is 0 Å². The van der Waals surface area contributed by atoms with Crippen molar-refractivity contribution in [2.45, 2.75) is 20.3 Å². The number of amides is 1. The van der Waals surface area contributed by atoms with Crippen LogP contribution in [0.15, 0.2) is 18.5 Å². The van der Waals surface area contributed by atoms with Gasteiger partial charge in [0.1, 0.15) is 0 Å². The molecule has 0 aromatic carbocycles. The van der Waals surface area contributed by atoms with Crippen molar-refractivity contribution in [3.05, 3.63) is 24.0 Å². The molecule has 0 aliphatic carbocycles. The second-order valence-electron chi connectivity index (χ2n) is 4.76. The Morgan fingerprint density at radius 2 is 2.24 bits per heavy atom. The van der Waals surface area contributed by atoms with E-state index >= 15 is 0 Å². The summed E-state index contributed by atoms with van der Waals surface area (Å²) in [5, 5.41) is 9.22. The highest BCUT2D eigenvalue weighted by molar-refractivity contribution is 5.78. The van der Waals surface area contributed by atoms with Gasteiger partial charge in [0, 0.05) is 26.0 Å². The van der Waals surface area contributed by atoms with Gasteiger partial charge in [-0.1, -0.05) is 13.8 Å². The number of H-pyrrole nitrogens is 1. The van der Waals surface area contributed by atoms with Crippen LogP contribution in [0.1, 0.15) is 19.4 Å². The van der Waals surface area contributed by atoms with Crippen molar-refractivity contribution in [2.75, 3.05) is 20.2 Å². The van der Waals surface area contributed by atoms with Gasteiger partial charge in [-0.25, -0.2) is 0 Å². The zero-order valence-corrected chi connectivity index (χ0v) is 10.8. The maximum absolute atomic E-state index is 12.0. The summed E-state index contributed by atoms with van der Waals surface area (Å²) in [5.74, 6) is -0.0912. The predicted octanol–water partition coefficient (Wildman–Crippen LogP) is 1.28. The van der Waals surface area contributed by atoms with Crippen molar-refractivity contribution < 1.29 is 9.90 Å². The first-order valence-electron chi connectivity index (χ1n) is 6.03. The molecule has 0 saturated heterocycles. The molecule has 0 aliphatic rings. The Labute approximate surface area is 103 Å². The van der Waals surface area contributed by atoms with E-state index in [1.54, 1.807) is 11.9 Å². The fourth-order valence-corrected chi connectivity index (χ4v) is 1.78. The van der Waals surface area contributed by atoms with E-state index in [0.717, 1.165) is 6.42 Å². The summed E-state index contributed by atoms with van der Waals surface area (Å²) in [7, 11) is 1.79. The largest absolute Gasteiger partial charge is 0.396 e. The van der Waals surface area contributed by atoms with Gasteiger partial charge in [0.25, 0.3) is 0 Å². The molecule has 1 unspecified atom stereocenters. The number of hydrogen-bond donors (Lipinski definition) is 2. The highest BCUT2D eigenvalue weighted by atomic mass is 16.3. The molecule has 1 aromatic rings. The van der Waals surface area contributed by atoms with E-state index in [0.29, 0.717) is 6.54 Å². The Kier molecular flexibility index (Phi) is 5.22. The molecule has 0 bridgehead atoms. The van der Waals surface area contributed by atoms with Crippen LogP contribution < -0.4 is 0 Å². The minimum Gasteiger partial charge on any atom is -0.396 e. The molecule has 4 nitrogen and oxygen atoms in total. The van der Waals surface area contributed by atoms with E-state index in [4.69, 9.17) is 0 Å². The van der Waals surface area contributed by atoms with Crippen LogP contribution in [0, 0.1) is 11.8 Å². The molecule has 96 valence electrons. The zero-order valence-electron chi connectivity index (χ0n) is 10.8. The van der Waals surface area contributed by atoms with E-state index < -0.39 is 0 Å². The fourth-order valence-electron chi connectivity index (χ4n) is 1.78. The number of carbonyl (C=O) groups is 1. The summed E-state index contributed by atoms with van der Waals surface area (Å²) in [5.41, 5.74) is 1.19. The Hall–Kier alpha value is -1.29. The number of hydrogen-bond acceptors (Lipinski definition) is 2. The molecule has 1 rings (SSSR count). The molecule has 1 atom stereocenters. The quantitative estimate of drug-likeness (QED) is 0.784. The molecule has 1 heterocycles. The molecule has 4 heteroatoms. The monoisotopic (exact) mass is 238 g/mol. The molecule has 0 radical (unpaired) electrons. The standard InChI is InChI=1S/C13H22N2O2/c1-10(2)12(9-16)13(17)15(3)7-5-11-4-6-14-8-11/h4,6,8,10,12,14,16H,5,7,9H2,1-3H3. The molecule has 2 N–H and O–H groups in total. The van der Waals surface area contributed by atoms with Crippen LogP contribution in [-0.4, -0.2) is 41.1 Å². The highest BCUT2D eigenvalue weighted by Gasteiger charge is 2.24. The van der Waals surface area contributed by atoms with Crippen LogP contribution in [0.25, 0.3) is 0 Å². The van der Waals surface area contributed by atoms with Gasteiger partial charge in [-0.05, 0) is 24.0 Å². The third kappa shape index (κ3) is 3.89. The minimum absolute atomic E-state index is 0.0260. The summed E-state index contributed by atoms with van der Waals surface area (Å²) in [4.78, 5) is 16.7. The van der Waals surface area contributed by atoms with Gasteiger partial charge in [-0.3, -0.25) is 4.79 Å². The molecule has 1 amide bonds. The van der Waals surface area contributed by atoms with E-state index in [1.807, 2.05) is 32.3 Å². The van der Waals surface area contributed by atoms with Crippen molar-refractivity contribution in [2.24, 2.45) is 11.8 Å². The molecular formula is C13H22N2O2. The molecule has 0 saturated carbocycles. The van der Waals surface area contributed by atoms with Gasteiger partial charge < -0.3 is 15.0 Å². The molecule has 0 spiro atoms. The first kappa shape index (κ1) is 13.8. The zero-order chi connectivity index (χ0) is 12.8. The van der Waals surface area contributed by atoms with E-state index in [9.17, 15) is 9.90 Å². The lowest BCUT2D eigenvalue weighted by molar-refractivity contribution is -0.137. The van der Waals surface area contributed by atoms with Crippen LogP contribution in [0.5, 0.6) is 0 Å². The molecule has 0 fully saturated rings.